The van der Waals surface area contributed by atoms with Crippen LogP contribution in [0.25, 0.3) is 0 Å². The Balaban J connectivity index is 1.41. The lowest BCUT2D eigenvalue weighted by atomic mass is 10.0. The second-order valence-electron chi connectivity index (χ2n) is 9.14. The third kappa shape index (κ3) is 4.59. The number of tetrazole rings is 1. The molecule has 0 bridgehead atoms. The molecule has 1 saturated heterocycles. The number of piperazine rings is 1. The van der Waals surface area contributed by atoms with Crippen LogP contribution in [0.3, 0.4) is 0 Å². The molecule has 0 amide bonds. The Morgan fingerprint density at radius 1 is 0.938 bits per heavy atom. The molecular formula is C25H31FN6. The quantitative estimate of drug-likeness (QED) is 0.590. The number of hydrogen-bond acceptors (Lipinski definition) is 5. The minimum Gasteiger partial charge on any atom is -0.298 e. The van der Waals surface area contributed by atoms with E-state index in [1.165, 1.54) is 48.9 Å². The van der Waals surface area contributed by atoms with Gasteiger partial charge in [0.1, 0.15) is 5.82 Å². The predicted octanol–water partition coefficient (Wildman–Crippen LogP) is 3.82. The highest BCUT2D eigenvalue weighted by Gasteiger charge is 2.33. The van der Waals surface area contributed by atoms with Gasteiger partial charge in [-0.15, -0.1) is 5.10 Å². The van der Waals surface area contributed by atoms with Gasteiger partial charge in [0, 0.05) is 32.2 Å². The molecule has 1 saturated carbocycles. The molecule has 1 aliphatic heterocycles. The molecule has 3 aromatic rings. The van der Waals surface area contributed by atoms with E-state index in [2.05, 4.69) is 56.5 Å². The van der Waals surface area contributed by atoms with Gasteiger partial charge in [-0.1, -0.05) is 54.8 Å². The first-order valence-electron chi connectivity index (χ1n) is 11.7. The SMILES string of the molecule is Cc1ccc([C@H](c2nnnn2Cc2ccc(F)cc2)N2CCN(C3CCCC3)CC2)cc1. The molecule has 0 spiro atoms. The molecule has 168 valence electrons. The van der Waals surface area contributed by atoms with Crippen LogP contribution in [0.15, 0.2) is 48.5 Å². The number of aromatic nitrogens is 4. The van der Waals surface area contributed by atoms with Gasteiger partial charge in [0.15, 0.2) is 5.82 Å². The van der Waals surface area contributed by atoms with E-state index in [4.69, 9.17) is 0 Å². The summed E-state index contributed by atoms with van der Waals surface area (Å²) in [4.78, 5) is 5.19. The van der Waals surface area contributed by atoms with Crippen molar-refractivity contribution in [1.82, 2.24) is 30.0 Å². The summed E-state index contributed by atoms with van der Waals surface area (Å²) in [7, 11) is 0. The van der Waals surface area contributed by atoms with Gasteiger partial charge in [-0.05, 0) is 53.5 Å². The number of rotatable bonds is 6. The van der Waals surface area contributed by atoms with E-state index in [-0.39, 0.29) is 11.9 Å². The van der Waals surface area contributed by atoms with E-state index >= 15 is 0 Å². The zero-order valence-corrected chi connectivity index (χ0v) is 18.7. The van der Waals surface area contributed by atoms with E-state index < -0.39 is 0 Å². The van der Waals surface area contributed by atoms with E-state index in [0.717, 1.165) is 43.6 Å². The molecule has 2 aliphatic rings. The Labute approximate surface area is 189 Å². The second kappa shape index (κ2) is 9.46. The fraction of sp³-hybridized carbons (Fsp3) is 0.480. The molecule has 2 heterocycles. The minimum absolute atomic E-state index is 0.00298. The van der Waals surface area contributed by atoms with E-state index in [9.17, 15) is 4.39 Å². The molecule has 5 rings (SSSR count). The fourth-order valence-corrected chi connectivity index (χ4v) is 5.18. The maximum Gasteiger partial charge on any atom is 0.173 e. The number of aryl methyl sites for hydroxylation is 1. The van der Waals surface area contributed by atoms with Crippen molar-refractivity contribution < 1.29 is 4.39 Å². The highest BCUT2D eigenvalue weighted by molar-refractivity contribution is 5.29. The van der Waals surface area contributed by atoms with E-state index in [0.29, 0.717) is 6.54 Å². The predicted molar refractivity (Wildman–Crippen MR) is 122 cm³/mol. The largest absolute Gasteiger partial charge is 0.298 e. The van der Waals surface area contributed by atoms with Crippen molar-refractivity contribution in [3.8, 4) is 0 Å². The van der Waals surface area contributed by atoms with Crippen LogP contribution in [0.2, 0.25) is 0 Å². The summed E-state index contributed by atoms with van der Waals surface area (Å²) in [6.45, 7) is 6.81. The van der Waals surface area contributed by atoms with Crippen LogP contribution in [-0.4, -0.2) is 62.2 Å². The van der Waals surface area contributed by atoms with E-state index in [1.54, 1.807) is 12.1 Å². The van der Waals surface area contributed by atoms with Gasteiger partial charge in [-0.25, -0.2) is 9.07 Å². The molecular weight excluding hydrogens is 403 g/mol. The Bertz CT molecular complexity index is 1000. The molecule has 1 aromatic heterocycles. The smallest absolute Gasteiger partial charge is 0.173 e. The lowest BCUT2D eigenvalue weighted by Gasteiger charge is -2.41. The first-order valence-corrected chi connectivity index (χ1v) is 11.7. The number of halogens is 1. The summed E-state index contributed by atoms with van der Waals surface area (Å²) in [5, 5.41) is 12.8. The van der Waals surface area contributed by atoms with Gasteiger partial charge in [0.25, 0.3) is 0 Å². The Hall–Kier alpha value is -2.64. The normalized spacial score (nSPS) is 19.4. The summed E-state index contributed by atoms with van der Waals surface area (Å²) < 4.78 is 15.2. The van der Waals surface area contributed by atoms with Crippen molar-refractivity contribution in [1.29, 1.82) is 0 Å². The van der Waals surface area contributed by atoms with Crippen LogP contribution in [0.4, 0.5) is 4.39 Å². The highest BCUT2D eigenvalue weighted by atomic mass is 19.1. The molecule has 0 N–H and O–H groups in total. The summed E-state index contributed by atoms with van der Waals surface area (Å²) in [5.41, 5.74) is 3.43. The molecule has 1 atom stereocenters. The summed E-state index contributed by atoms with van der Waals surface area (Å²) in [6.07, 6.45) is 5.43. The van der Waals surface area contributed by atoms with Crippen LogP contribution < -0.4 is 0 Å². The average Bonchev–Trinajstić information content (AvgIpc) is 3.50. The van der Waals surface area contributed by atoms with Gasteiger partial charge < -0.3 is 0 Å². The standard InChI is InChI=1S/C25H31FN6/c1-19-6-10-21(11-7-19)24(31-16-14-30(15-17-31)23-4-2-3-5-23)25-27-28-29-32(25)18-20-8-12-22(26)13-9-20/h6-13,23-24H,2-5,14-18H2,1H3/t24-/m1/s1. The number of benzene rings is 2. The van der Waals surface area contributed by atoms with Crippen molar-refractivity contribution in [2.75, 3.05) is 26.2 Å². The lowest BCUT2D eigenvalue weighted by Crippen LogP contribution is -2.51. The molecule has 1 aliphatic carbocycles. The molecule has 32 heavy (non-hydrogen) atoms. The zero-order valence-electron chi connectivity index (χ0n) is 18.7. The van der Waals surface area contributed by atoms with Gasteiger partial charge in [0.05, 0.1) is 12.6 Å². The third-order valence-corrected chi connectivity index (χ3v) is 7.00. The summed E-state index contributed by atoms with van der Waals surface area (Å²) in [6, 6.07) is 16.0. The fourth-order valence-electron chi connectivity index (χ4n) is 5.18. The molecule has 6 nitrogen and oxygen atoms in total. The van der Waals surface area contributed by atoms with Crippen LogP contribution >= 0.6 is 0 Å². The van der Waals surface area contributed by atoms with Crippen molar-refractivity contribution in [2.45, 2.75) is 51.2 Å². The van der Waals surface area contributed by atoms with Gasteiger partial charge in [-0.3, -0.25) is 9.80 Å². The minimum atomic E-state index is -0.233. The monoisotopic (exact) mass is 434 g/mol. The summed E-state index contributed by atoms with van der Waals surface area (Å²) in [5.74, 6) is 0.607. The van der Waals surface area contributed by atoms with Gasteiger partial charge in [0.2, 0.25) is 0 Å². The molecule has 2 fully saturated rings. The van der Waals surface area contributed by atoms with Crippen LogP contribution in [0, 0.1) is 12.7 Å². The Morgan fingerprint density at radius 2 is 1.62 bits per heavy atom. The topological polar surface area (TPSA) is 50.1 Å². The van der Waals surface area contributed by atoms with Crippen LogP contribution in [0.1, 0.15) is 54.2 Å². The van der Waals surface area contributed by atoms with Crippen molar-refractivity contribution in [3.63, 3.8) is 0 Å². The first-order chi connectivity index (χ1) is 15.7. The van der Waals surface area contributed by atoms with Crippen molar-refractivity contribution in [2.24, 2.45) is 0 Å². The van der Waals surface area contributed by atoms with E-state index in [1.807, 2.05) is 4.68 Å². The van der Waals surface area contributed by atoms with Gasteiger partial charge in [-0.2, -0.15) is 0 Å². The highest BCUT2D eigenvalue weighted by Crippen LogP contribution is 2.31. The molecule has 7 heteroatoms. The van der Waals surface area contributed by atoms with Crippen molar-refractivity contribution >= 4 is 0 Å². The maximum absolute atomic E-state index is 13.4. The first kappa shape index (κ1) is 21.2. The van der Waals surface area contributed by atoms with Crippen molar-refractivity contribution in [3.05, 3.63) is 76.9 Å². The summed E-state index contributed by atoms with van der Waals surface area (Å²) >= 11 is 0. The molecule has 0 unspecified atom stereocenters. The van der Waals surface area contributed by atoms with Gasteiger partial charge >= 0.3 is 0 Å². The lowest BCUT2D eigenvalue weighted by molar-refractivity contribution is 0.0771. The number of nitrogens with zero attached hydrogens (tertiary/aromatic N) is 6. The van der Waals surface area contributed by atoms with Crippen LogP contribution in [-0.2, 0) is 6.54 Å². The second-order valence-corrected chi connectivity index (χ2v) is 9.14. The number of hydrogen-bond donors (Lipinski definition) is 0. The Morgan fingerprint density at radius 3 is 2.31 bits per heavy atom. The maximum atomic E-state index is 13.4. The third-order valence-electron chi connectivity index (χ3n) is 7.00. The zero-order chi connectivity index (χ0) is 21.9. The average molecular weight is 435 g/mol. The molecule has 2 aromatic carbocycles. The van der Waals surface area contributed by atoms with Crippen LogP contribution in [0.5, 0.6) is 0 Å². The Kier molecular flexibility index (Phi) is 6.28. The molecule has 0 radical (unpaired) electrons.